The summed E-state index contributed by atoms with van der Waals surface area (Å²) < 4.78 is 7.12. The molecule has 116 valence electrons. The van der Waals surface area contributed by atoms with Crippen LogP contribution in [-0.2, 0) is 11.8 Å². The van der Waals surface area contributed by atoms with Crippen LogP contribution in [0.3, 0.4) is 0 Å². The molecule has 0 spiro atoms. The average Bonchev–Trinajstić information content (AvgIpc) is 2.51. The molecule has 2 aliphatic rings. The van der Waals surface area contributed by atoms with E-state index in [1.54, 1.807) is 24.0 Å². The zero-order valence-electron chi connectivity index (χ0n) is 12.6. The van der Waals surface area contributed by atoms with E-state index in [2.05, 4.69) is 15.2 Å². The minimum absolute atomic E-state index is 0.0147. The van der Waals surface area contributed by atoms with Gasteiger partial charge in [0.2, 0.25) is 0 Å². The fourth-order valence-electron chi connectivity index (χ4n) is 3.21. The third kappa shape index (κ3) is 3.44. The molecule has 0 amide bonds. The monoisotopic (exact) mass is 292 g/mol. The number of ether oxygens (including phenoxy) is 1. The van der Waals surface area contributed by atoms with Crippen LogP contribution in [-0.4, -0.2) is 47.9 Å². The summed E-state index contributed by atoms with van der Waals surface area (Å²) in [5.41, 5.74) is -0.0147. The summed E-state index contributed by atoms with van der Waals surface area (Å²) >= 11 is 0. The van der Waals surface area contributed by atoms with E-state index in [0.717, 1.165) is 45.6 Å². The van der Waals surface area contributed by atoms with Gasteiger partial charge in [-0.2, -0.15) is 0 Å². The van der Waals surface area contributed by atoms with Crippen LogP contribution in [0.15, 0.2) is 17.2 Å². The summed E-state index contributed by atoms with van der Waals surface area (Å²) in [5.74, 6) is 0.575. The fraction of sp³-hybridized carbons (Fsp3) is 0.733. The summed E-state index contributed by atoms with van der Waals surface area (Å²) in [6.07, 6.45) is 7.95. The third-order valence-electron chi connectivity index (χ3n) is 4.35. The van der Waals surface area contributed by atoms with Crippen molar-refractivity contribution >= 4 is 5.82 Å². The molecular weight excluding hydrogens is 268 g/mol. The maximum atomic E-state index is 12.2. The largest absolute Gasteiger partial charge is 0.380 e. The highest BCUT2D eigenvalue weighted by Crippen LogP contribution is 2.16. The topological polar surface area (TPSA) is 59.4 Å². The van der Waals surface area contributed by atoms with Gasteiger partial charge in [-0.15, -0.1) is 0 Å². The number of anilines is 1. The number of aromatic nitrogens is 2. The van der Waals surface area contributed by atoms with Gasteiger partial charge in [-0.25, -0.2) is 4.98 Å². The van der Waals surface area contributed by atoms with Gasteiger partial charge in [0.05, 0.1) is 6.61 Å². The van der Waals surface area contributed by atoms with Gasteiger partial charge in [0.1, 0.15) is 0 Å². The van der Waals surface area contributed by atoms with Crippen molar-refractivity contribution in [2.24, 2.45) is 7.05 Å². The molecule has 2 atom stereocenters. The summed E-state index contributed by atoms with van der Waals surface area (Å²) in [5, 5.41) is 3.69. The molecule has 0 aliphatic carbocycles. The molecule has 3 rings (SSSR count). The lowest BCUT2D eigenvalue weighted by molar-refractivity contribution is 0.0655. The second-order valence-electron chi connectivity index (χ2n) is 6.03. The standard InChI is InChI=1S/C15H24N4O2/c1-18-8-6-16-14(15(18)20)19-7-2-4-12(10-19)17-13-5-3-9-21-11-13/h6,8,12-13,17H,2-5,7,9-11H2,1H3. The first kappa shape index (κ1) is 14.5. The molecule has 1 aromatic rings. The van der Waals surface area contributed by atoms with Crippen molar-refractivity contribution in [2.45, 2.75) is 37.8 Å². The van der Waals surface area contributed by atoms with Crippen molar-refractivity contribution in [2.75, 3.05) is 31.2 Å². The van der Waals surface area contributed by atoms with Gasteiger partial charge >= 0.3 is 0 Å². The van der Waals surface area contributed by atoms with Crippen molar-refractivity contribution < 1.29 is 4.74 Å². The maximum Gasteiger partial charge on any atom is 0.293 e. The highest BCUT2D eigenvalue weighted by Gasteiger charge is 2.25. The molecule has 0 aromatic carbocycles. The predicted molar refractivity (Wildman–Crippen MR) is 81.7 cm³/mol. The van der Waals surface area contributed by atoms with Crippen molar-refractivity contribution in [1.29, 1.82) is 0 Å². The Labute approximate surface area is 125 Å². The first-order valence-electron chi connectivity index (χ1n) is 7.84. The lowest BCUT2D eigenvalue weighted by atomic mass is 10.0. The molecule has 0 radical (unpaired) electrons. The number of piperidine rings is 1. The first-order valence-corrected chi connectivity index (χ1v) is 7.84. The Morgan fingerprint density at radius 2 is 2.19 bits per heavy atom. The molecule has 6 heteroatoms. The molecule has 0 bridgehead atoms. The molecule has 2 saturated heterocycles. The van der Waals surface area contributed by atoms with Gasteiger partial charge in [-0.3, -0.25) is 4.79 Å². The summed E-state index contributed by atoms with van der Waals surface area (Å²) in [6.45, 7) is 3.45. The zero-order valence-corrected chi connectivity index (χ0v) is 12.6. The van der Waals surface area contributed by atoms with E-state index in [9.17, 15) is 4.79 Å². The van der Waals surface area contributed by atoms with Crippen molar-refractivity contribution in [3.05, 3.63) is 22.7 Å². The van der Waals surface area contributed by atoms with Crippen LogP contribution in [0.4, 0.5) is 5.82 Å². The van der Waals surface area contributed by atoms with Gasteiger partial charge < -0.3 is 19.5 Å². The normalized spacial score (nSPS) is 26.8. The Kier molecular flexibility index (Phi) is 4.55. The van der Waals surface area contributed by atoms with Crippen molar-refractivity contribution in [3.8, 4) is 0 Å². The Bertz CT molecular complexity index is 525. The second-order valence-corrected chi connectivity index (χ2v) is 6.03. The Morgan fingerprint density at radius 1 is 1.33 bits per heavy atom. The van der Waals surface area contributed by atoms with Gasteiger partial charge in [0, 0.05) is 51.2 Å². The van der Waals surface area contributed by atoms with Crippen LogP contribution in [0.25, 0.3) is 0 Å². The van der Waals surface area contributed by atoms with Gasteiger partial charge in [-0.1, -0.05) is 0 Å². The van der Waals surface area contributed by atoms with Crippen LogP contribution in [0.1, 0.15) is 25.7 Å². The Balaban J connectivity index is 1.65. The molecular formula is C15H24N4O2. The smallest absolute Gasteiger partial charge is 0.293 e. The molecule has 2 unspecified atom stereocenters. The molecule has 0 saturated carbocycles. The van der Waals surface area contributed by atoms with Gasteiger partial charge in [0.25, 0.3) is 5.56 Å². The lowest BCUT2D eigenvalue weighted by Gasteiger charge is -2.36. The molecule has 6 nitrogen and oxygen atoms in total. The fourth-order valence-corrected chi connectivity index (χ4v) is 3.21. The SMILES string of the molecule is Cn1ccnc(N2CCCC(NC3CCCOC3)C2)c1=O. The van der Waals surface area contributed by atoms with Crippen LogP contribution in [0.5, 0.6) is 0 Å². The maximum absolute atomic E-state index is 12.2. The lowest BCUT2D eigenvalue weighted by Crippen LogP contribution is -2.52. The van der Waals surface area contributed by atoms with E-state index in [-0.39, 0.29) is 5.56 Å². The van der Waals surface area contributed by atoms with Gasteiger partial charge in [-0.05, 0) is 25.7 Å². The van der Waals surface area contributed by atoms with E-state index in [1.807, 2.05) is 0 Å². The average molecular weight is 292 g/mol. The third-order valence-corrected chi connectivity index (χ3v) is 4.35. The second kappa shape index (κ2) is 6.58. The highest BCUT2D eigenvalue weighted by atomic mass is 16.5. The summed E-state index contributed by atoms with van der Waals surface area (Å²) in [6, 6.07) is 0.868. The van der Waals surface area contributed by atoms with E-state index in [4.69, 9.17) is 4.74 Å². The molecule has 1 N–H and O–H groups in total. The van der Waals surface area contributed by atoms with E-state index in [1.165, 1.54) is 6.42 Å². The van der Waals surface area contributed by atoms with Crippen molar-refractivity contribution in [3.63, 3.8) is 0 Å². The number of nitrogens with zero attached hydrogens (tertiary/aromatic N) is 3. The van der Waals surface area contributed by atoms with E-state index < -0.39 is 0 Å². The molecule has 2 fully saturated rings. The van der Waals surface area contributed by atoms with Crippen LogP contribution >= 0.6 is 0 Å². The first-order chi connectivity index (χ1) is 10.2. The number of nitrogens with one attached hydrogen (secondary N) is 1. The number of aryl methyl sites for hydroxylation is 1. The van der Waals surface area contributed by atoms with E-state index in [0.29, 0.717) is 17.9 Å². The molecule has 21 heavy (non-hydrogen) atoms. The highest BCUT2D eigenvalue weighted by molar-refractivity contribution is 5.36. The van der Waals surface area contributed by atoms with E-state index >= 15 is 0 Å². The summed E-state index contributed by atoms with van der Waals surface area (Å²) in [4.78, 5) is 18.6. The molecule has 2 aliphatic heterocycles. The number of hydrogen-bond donors (Lipinski definition) is 1. The Morgan fingerprint density at radius 3 is 3.00 bits per heavy atom. The molecule has 3 heterocycles. The Hall–Kier alpha value is -1.40. The molecule has 1 aromatic heterocycles. The number of rotatable bonds is 3. The quantitative estimate of drug-likeness (QED) is 0.880. The zero-order chi connectivity index (χ0) is 14.7. The summed E-state index contributed by atoms with van der Waals surface area (Å²) in [7, 11) is 1.77. The predicted octanol–water partition coefficient (Wildman–Crippen LogP) is 0.518. The van der Waals surface area contributed by atoms with Crippen LogP contribution in [0.2, 0.25) is 0 Å². The number of hydrogen-bond acceptors (Lipinski definition) is 5. The van der Waals surface area contributed by atoms with Crippen molar-refractivity contribution in [1.82, 2.24) is 14.9 Å². The van der Waals surface area contributed by atoms with Crippen LogP contribution in [0, 0.1) is 0 Å². The van der Waals surface area contributed by atoms with Gasteiger partial charge in [0.15, 0.2) is 5.82 Å². The minimum Gasteiger partial charge on any atom is -0.380 e. The minimum atomic E-state index is -0.0147. The van der Waals surface area contributed by atoms with Crippen LogP contribution < -0.4 is 15.8 Å².